The van der Waals surface area contributed by atoms with E-state index in [2.05, 4.69) is 5.32 Å². The zero-order valence-corrected chi connectivity index (χ0v) is 8.38. The highest BCUT2D eigenvalue weighted by atomic mass is 16.1. The molecule has 1 amide bonds. The molecule has 0 aromatic heterocycles. The van der Waals surface area contributed by atoms with Crippen LogP contribution in [0.1, 0.15) is 32.6 Å². The Balaban J connectivity index is 3.16. The van der Waals surface area contributed by atoms with Gasteiger partial charge in [-0.3, -0.25) is 4.79 Å². The van der Waals surface area contributed by atoms with Crippen molar-refractivity contribution < 1.29 is 4.79 Å². The molecule has 0 aromatic rings. The summed E-state index contributed by atoms with van der Waals surface area (Å²) in [6.07, 6.45) is 3.88. The standard InChI is InChI=1S/C9H21N3O/c1-8(13)12-7-3-5-9(11)4-2-6-10/h9H,2-7,10-11H2,1H3,(H,12,13). The smallest absolute Gasteiger partial charge is 0.216 e. The topological polar surface area (TPSA) is 81.1 Å². The number of nitrogens with one attached hydrogen (secondary N) is 1. The molecule has 4 nitrogen and oxygen atoms in total. The quantitative estimate of drug-likeness (QED) is 0.489. The highest BCUT2D eigenvalue weighted by Gasteiger charge is 2.01. The number of carbonyl (C=O) groups excluding carboxylic acids is 1. The van der Waals surface area contributed by atoms with E-state index in [0.29, 0.717) is 6.54 Å². The largest absolute Gasteiger partial charge is 0.356 e. The number of carbonyl (C=O) groups is 1. The number of amides is 1. The SMILES string of the molecule is CC(=O)NCCCC(N)CCCN. The fourth-order valence-corrected chi connectivity index (χ4v) is 1.15. The predicted octanol–water partition coefficient (Wildman–Crippen LogP) is -0.0311. The second-order valence-electron chi connectivity index (χ2n) is 3.32. The summed E-state index contributed by atoms with van der Waals surface area (Å²) >= 11 is 0. The lowest BCUT2D eigenvalue weighted by molar-refractivity contribution is -0.118. The zero-order chi connectivity index (χ0) is 10.1. The van der Waals surface area contributed by atoms with Crippen molar-refractivity contribution >= 4 is 5.91 Å². The Morgan fingerprint density at radius 1 is 1.38 bits per heavy atom. The number of hydrogen-bond acceptors (Lipinski definition) is 3. The Bertz CT molecular complexity index is 139. The number of nitrogens with two attached hydrogens (primary N) is 2. The first-order chi connectivity index (χ1) is 6.16. The molecule has 0 radical (unpaired) electrons. The molecule has 0 heterocycles. The first-order valence-electron chi connectivity index (χ1n) is 4.87. The summed E-state index contributed by atoms with van der Waals surface area (Å²) in [6, 6.07) is 0.234. The molecule has 4 heteroatoms. The van der Waals surface area contributed by atoms with Gasteiger partial charge in [0.15, 0.2) is 0 Å². The lowest BCUT2D eigenvalue weighted by Gasteiger charge is -2.10. The Hall–Kier alpha value is -0.610. The maximum Gasteiger partial charge on any atom is 0.216 e. The van der Waals surface area contributed by atoms with Gasteiger partial charge >= 0.3 is 0 Å². The van der Waals surface area contributed by atoms with Crippen molar-refractivity contribution in [2.24, 2.45) is 11.5 Å². The average molecular weight is 187 g/mol. The fourth-order valence-electron chi connectivity index (χ4n) is 1.15. The highest BCUT2D eigenvalue weighted by molar-refractivity contribution is 5.72. The minimum Gasteiger partial charge on any atom is -0.356 e. The van der Waals surface area contributed by atoms with Crippen LogP contribution in [0, 0.1) is 0 Å². The Morgan fingerprint density at radius 2 is 2.00 bits per heavy atom. The molecule has 13 heavy (non-hydrogen) atoms. The number of hydrogen-bond donors (Lipinski definition) is 3. The van der Waals surface area contributed by atoms with E-state index in [1.165, 1.54) is 6.92 Å². The van der Waals surface area contributed by atoms with Crippen LogP contribution in [0.25, 0.3) is 0 Å². The molecule has 0 rings (SSSR count). The monoisotopic (exact) mass is 187 g/mol. The molecule has 0 spiro atoms. The molecule has 5 N–H and O–H groups in total. The van der Waals surface area contributed by atoms with Gasteiger partial charge in [0.1, 0.15) is 0 Å². The molecule has 78 valence electrons. The summed E-state index contributed by atoms with van der Waals surface area (Å²) in [5.74, 6) is 0.0236. The van der Waals surface area contributed by atoms with E-state index in [-0.39, 0.29) is 11.9 Å². The lowest BCUT2D eigenvalue weighted by Crippen LogP contribution is -2.25. The van der Waals surface area contributed by atoms with Crippen LogP contribution in [0.2, 0.25) is 0 Å². The minimum atomic E-state index is 0.0236. The van der Waals surface area contributed by atoms with Gasteiger partial charge in [-0.1, -0.05) is 0 Å². The second kappa shape index (κ2) is 8.01. The van der Waals surface area contributed by atoms with Gasteiger partial charge in [-0.2, -0.15) is 0 Å². The van der Waals surface area contributed by atoms with Crippen molar-refractivity contribution in [1.82, 2.24) is 5.32 Å². The van der Waals surface area contributed by atoms with Gasteiger partial charge < -0.3 is 16.8 Å². The van der Waals surface area contributed by atoms with Gasteiger partial charge in [0.05, 0.1) is 0 Å². The van der Waals surface area contributed by atoms with E-state index in [1.807, 2.05) is 0 Å². The maximum atomic E-state index is 10.5. The van der Waals surface area contributed by atoms with Gasteiger partial charge in [-0.15, -0.1) is 0 Å². The molecule has 0 saturated heterocycles. The van der Waals surface area contributed by atoms with Gasteiger partial charge in [0, 0.05) is 19.5 Å². The first-order valence-corrected chi connectivity index (χ1v) is 4.87. The molecule has 0 aromatic carbocycles. The van der Waals surface area contributed by atoms with Crippen LogP contribution in [0.15, 0.2) is 0 Å². The third-order valence-corrected chi connectivity index (χ3v) is 1.90. The van der Waals surface area contributed by atoms with Gasteiger partial charge in [-0.05, 0) is 32.2 Å². The van der Waals surface area contributed by atoms with E-state index < -0.39 is 0 Å². The summed E-state index contributed by atoms with van der Waals surface area (Å²) < 4.78 is 0. The van der Waals surface area contributed by atoms with E-state index in [0.717, 1.165) is 32.2 Å². The Labute approximate surface area is 80.0 Å². The molecule has 0 aliphatic carbocycles. The normalized spacial score (nSPS) is 12.5. The van der Waals surface area contributed by atoms with Crippen molar-refractivity contribution in [1.29, 1.82) is 0 Å². The summed E-state index contributed by atoms with van der Waals surface area (Å²) in [7, 11) is 0. The molecule has 0 aliphatic heterocycles. The van der Waals surface area contributed by atoms with E-state index in [4.69, 9.17) is 11.5 Å². The average Bonchev–Trinajstić information content (AvgIpc) is 2.08. The molecular formula is C9H21N3O. The van der Waals surface area contributed by atoms with Gasteiger partial charge in [0.2, 0.25) is 5.91 Å². The summed E-state index contributed by atoms with van der Waals surface area (Å²) in [4.78, 5) is 10.5. The van der Waals surface area contributed by atoms with Crippen LogP contribution < -0.4 is 16.8 Å². The molecule has 0 saturated carbocycles. The lowest BCUT2D eigenvalue weighted by atomic mass is 10.1. The van der Waals surface area contributed by atoms with Crippen LogP contribution in [-0.2, 0) is 4.79 Å². The third kappa shape index (κ3) is 9.30. The van der Waals surface area contributed by atoms with Crippen LogP contribution in [-0.4, -0.2) is 25.0 Å². The van der Waals surface area contributed by atoms with Crippen LogP contribution in [0.5, 0.6) is 0 Å². The molecule has 0 fully saturated rings. The van der Waals surface area contributed by atoms with Crippen molar-refractivity contribution in [3.63, 3.8) is 0 Å². The predicted molar refractivity (Wildman–Crippen MR) is 54.2 cm³/mol. The summed E-state index contributed by atoms with van der Waals surface area (Å²) in [5, 5.41) is 2.74. The minimum absolute atomic E-state index is 0.0236. The Kier molecular flexibility index (Phi) is 7.63. The first kappa shape index (κ1) is 12.4. The fraction of sp³-hybridized carbons (Fsp3) is 0.889. The van der Waals surface area contributed by atoms with Crippen LogP contribution in [0.3, 0.4) is 0 Å². The van der Waals surface area contributed by atoms with E-state index in [9.17, 15) is 4.79 Å². The molecule has 0 aliphatic rings. The van der Waals surface area contributed by atoms with Crippen molar-refractivity contribution in [2.75, 3.05) is 13.1 Å². The van der Waals surface area contributed by atoms with Gasteiger partial charge in [0.25, 0.3) is 0 Å². The molecule has 1 atom stereocenters. The molecule has 1 unspecified atom stereocenters. The second-order valence-corrected chi connectivity index (χ2v) is 3.32. The van der Waals surface area contributed by atoms with Gasteiger partial charge in [-0.25, -0.2) is 0 Å². The maximum absolute atomic E-state index is 10.5. The molecule has 0 bridgehead atoms. The number of rotatable bonds is 7. The third-order valence-electron chi connectivity index (χ3n) is 1.90. The Morgan fingerprint density at radius 3 is 2.54 bits per heavy atom. The van der Waals surface area contributed by atoms with Crippen molar-refractivity contribution in [2.45, 2.75) is 38.6 Å². The van der Waals surface area contributed by atoms with E-state index in [1.54, 1.807) is 0 Å². The summed E-state index contributed by atoms with van der Waals surface area (Å²) in [6.45, 7) is 2.96. The van der Waals surface area contributed by atoms with Crippen LogP contribution in [0.4, 0.5) is 0 Å². The van der Waals surface area contributed by atoms with Crippen molar-refractivity contribution in [3.8, 4) is 0 Å². The molecular weight excluding hydrogens is 166 g/mol. The van der Waals surface area contributed by atoms with Crippen LogP contribution >= 0.6 is 0 Å². The van der Waals surface area contributed by atoms with Crippen molar-refractivity contribution in [3.05, 3.63) is 0 Å². The zero-order valence-electron chi connectivity index (χ0n) is 8.38. The highest BCUT2D eigenvalue weighted by Crippen LogP contribution is 2.00. The van der Waals surface area contributed by atoms with E-state index >= 15 is 0 Å². The summed E-state index contributed by atoms with van der Waals surface area (Å²) in [5.41, 5.74) is 11.2.